The van der Waals surface area contributed by atoms with Crippen molar-refractivity contribution in [2.45, 2.75) is 6.04 Å². The Hall–Kier alpha value is -1.71. The summed E-state index contributed by atoms with van der Waals surface area (Å²) in [6.07, 6.45) is 2.98. The van der Waals surface area contributed by atoms with Crippen LogP contribution < -0.4 is 4.90 Å². The van der Waals surface area contributed by atoms with Crippen molar-refractivity contribution in [3.05, 3.63) is 18.1 Å². The number of nitrogens with zero attached hydrogens (tertiary/aromatic N) is 4. The Balaban J connectivity index is 2.18. The summed E-state index contributed by atoms with van der Waals surface area (Å²) in [6, 6.07) is 1.83. The second-order valence-electron chi connectivity index (χ2n) is 3.48. The van der Waals surface area contributed by atoms with E-state index in [1.807, 2.05) is 11.0 Å². The first-order chi connectivity index (χ1) is 7.85. The Morgan fingerprint density at radius 2 is 2.44 bits per heavy atom. The number of anilines is 1. The lowest BCUT2D eigenvalue weighted by atomic mass is 10.2. The van der Waals surface area contributed by atoms with E-state index in [9.17, 15) is 5.11 Å². The molecule has 1 saturated heterocycles. The number of hydrogen-bond acceptors (Lipinski definition) is 6. The average molecular weight is 220 g/mol. The predicted octanol–water partition coefficient (Wildman–Crippen LogP) is -0.454. The predicted molar refractivity (Wildman–Crippen MR) is 55.8 cm³/mol. The van der Waals surface area contributed by atoms with Gasteiger partial charge in [-0.05, 0) is 0 Å². The molecular weight excluding hydrogens is 208 g/mol. The van der Waals surface area contributed by atoms with Crippen LogP contribution in [0.2, 0.25) is 0 Å². The van der Waals surface area contributed by atoms with Gasteiger partial charge < -0.3 is 14.7 Å². The lowest BCUT2D eigenvalue weighted by Crippen LogP contribution is -2.48. The second-order valence-corrected chi connectivity index (χ2v) is 3.48. The largest absolute Gasteiger partial charge is 0.394 e. The first-order valence-electron chi connectivity index (χ1n) is 5.02. The molecule has 0 aliphatic carbocycles. The molecule has 2 rings (SSSR count). The number of morpholine rings is 1. The van der Waals surface area contributed by atoms with E-state index in [-0.39, 0.29) is 18.3 Å². The van der Waals surface area contributed by atoms with E-state index in [1.165, 1.54) is 6.20 Å². The normalized spacial score (nSPS) is 20.5. The van der Waals surface area contributed by atoms with Gasteiger partial charge in [0.25, 0.3) is 0 Å². The van der Waals surface area contributed by atoms with Crippen molar-refractivity contribution in [2.75, 3.05) is 31.3 Å². The quantitative estimate of drug-likeness (QED) is 0.726. The molecule has 6 nitrogen and oxygen atoms in total. The monoisotopic (exact) mass is 220 g/mol. The summed E-state index contributed by atoms with van der Waals surface area (Å²) in [5.41, 5.74) is 0.289. The van der Waals surface area contributed by atoms with Crippen molar-refractivity contribution in [3.63, 3.8) is 0 Å². The third kappa shape index (κ3) is 2.10. The Bertz CT molecular complexity index is 387. The molecule has 1 aromatic heterocycles. The van der Waals surface area contributed by atoms with Gasteiger partial charge in [-0.15, -0.1) is 0 Å². The van der Waals surface area contributed by atoms with Crippen molar-refractivity contribution < 1.29 is 9.84 Å². The molecule has 2 heterocycles. The molecule has 0 radical (unpaired) electrons. The van der Waals surface area contributed by atoms with Crippen LogP contribution in [0.3, 0.4) is 0 Å². The van der Waals surface area contributed by atoms with Crippen molar-refractivity contribution in [2.24, 2.45) is 0 Å². The molecule has 84 valence electrons. The molecule has 0 amide bonds. The highest BCUT2D eigenvalue weighted by Gasteiger charge is 2.23. The molecule has 16 heavy (non-hydrogen) atoms. The molecule has 0 aromatic carbocycles. The van der Waals surface area contributed by atoms with E-state index in [1.54, 1.807) is 6.20 Å². The fourth-order valence-corrected chi connectivity index (χ4v) is 1.63. The van der Waals surface area contributed by atoms with Gasteiger partial charge in [-0.2, -0.15) is 5.26 Å². The molecule has 6 heteroatoms. The van der Waals surface area contributed by atoms with Crippen LogP contribution in [0.1, 0.15) is 5.69 Å². The maximum Gasteiger partial charge on any atom is 0.158 e. The number of aromatic nitrogens is 2. The van der Waals surface area contributed by atoms with E-state index in [0.29, 0.717) is 25.6 Å². The first-order valence-corrected chi connectivity index (χ1v) is 5.02. The van der Waals surface area contributed by atoms with Gasteiger partial charge in [0.1, 0.15) is 11.9 Å². The van der Waals surface area contributed by atoms with Crippen molar-refractivity contribution in [3.8, 4) is 6.07 Å². The minimum atomic E-state index is -0.0871. The molecule has 1 unspecified atom stereocenters. The highest BCUT2D eigenvalue weighted by atomic mass is 16.5. The number of aliphatic hydroxyl groups excluding tert-OH is 1. The minimum Gasteiger partial charge on any atom is -0.394 e. The summed E-state index contributed by atoms with van der Waals surface area (Å²) in [5.74, 6) is 0.668. The van der Waals surface area contributed by atoms with Crippen LogP contribution >= 0.6 is 0 Å². The van der Waals surface area contributed by atoms with Gasteiger partial charge in [-0.25, -0.2) is 9.97 Å². The Labute approximate surface area is 93.1 Å². The van der Waals surface area contributed by atoms with E-state index in [2.05, 4.69) is 9.97 Å². The van der Waals surface area contributed by atoms with Crippen LogP contribution in [0.5, 0.6) is 0 Å². The molecule has 1 fully saturated rings. The molecule has 0 bridgehead atoms. The van der Waals surface area contributed by atoms with E-state index in [4.69, 9.17) is 10.00 Å². The molecule has 1 aromatic rings. The summed E-state index contributed by atoms with van der Waals surface area (Å²) < 4.78 is 5.27. The Morgan fingerprint density at radius 3 is 3.06 bits per heavy atom. The van der Waals surface area contributed by atoms with Gasteiger partial charge in [0.15, 0.2) is 5.69 Å². The highest BCUT2D eigenvalue weighted by molar-refractivity contribution is 5.39. The number of hydrogen-bond donors (Lipinski definition) is 1. The van der Waals surface area contributed by atoms with E-state index in [0.717, 1.165) is 0 Å². The zero-order chi connectivity index (χ0) is 11.4. The highest BCUT2D eigenvalue weighted by Crippen LogP contribution is 2.15. The molecule has 1 aliphatic heterocycles. The van der Waals surface area contributed by atoms with Crippen LogP contribution in [-0.4, -0.2) is 47.5 Å². The zero-order valence-corrected chi connectivity index (χ0v) is 8.70. The summed E-state index contributed by atoms with van der Waals surface area (Å²) in [4.78, 5) is 10.0. The first kappa shape index (κ1) is 10.8. The molecule has 1 atom stereocenters. The van der Waals surface area contributed by atoms with E-state index >= 15 is 0 Å². The van der Waals surface area contributed by atoms with Gasteiger partial charge in [-0.3, -0.25) is 0 Å². The molecule has 1 N–H and O–H groups in total. The average Bonchev–Trinajstić information content (AvgIpc) is 2.39. The molecular formula is C10H12N4O2. The SMILES string of the molecule is N#Cc1cnc(N2CCOCC2CO)cn1. The summed E-state index contributed by atoms with van der Waals surface area (Å²) in [5, 5.41) is 17.8. The summed E-state index contributed by atoms with van der Waals surface area (Å²) >= 11 is 0. The lowest BCUT2D eigenvalue weighted by Gasteiger charge is -2.35. The third-order valence-electron chi connectivity index (χ3n) is 2.49. The maximum absolute atomic E-state index is 9.20. The van der Waals surface area contributed by atoms with Crippen molar-refractivity contribution in [1.82, 2.24) is 9.97 Å². The van der Waals surface area contributed by atoms with Gasteiger partial charge in [-0.1, -0.05) is 0 Å². The molecule has 0 spiro atoms. The number of nitriles is 1. The maximum atomic E-state index is 9.20. The number of aliphatic hydroxyl groups is 1. The third-order valence-corrected chi connectivity index (χ3v) is 2.49. The number of rotatable bonds is 2. The second kappa shape index (κ2) is 4.88. The van der Waals surface area contributed by atoms with Crippen molar-refractivity contribution >= 4 is 5.82 Å². The van der Waals surface area contributed by atoms with Crippen LogP contribution in [0.25, 0.3) is 0 Å². The van der Waals surface area contributed by atoms with Crippen molar-refractivity contribution in [1.29, 1.82) is 5.26 Å². The van der Waals surface area contributed by atoms with Gasteiger partial charge in [0.05, 0.1) is 38.3 Å². The topological polar surface area (TPSA) is 82.3 Å². The Kier molecular flexibility index (Phi) is 3.29. The summed E-state index contributed by atoms with van der Waals surface area (Å²) in [7, 11) is 0. The number of ether oxygens (including phenoxy) is 1. The van der Waals surface area contributed by atoms with Crippen LogP contribution in [-0.2, 0) is 4.74 Å². The van der Waals surface area contributed by atoms with Gasteiger partial charge in [0, 0.05) is 6.54 Å². The van der Waals surface area contributed by atoms with Crippen LogP contribution in [0, 0.1) is 11.3 Å². The minimum absolute atomic E-state index is 0.0156. The van der Waals surface area contributed by atoms with E-state index < -0.39 is 0 Å². The Morgan fingerprint density at radius 1 is 1.56 bits per heavy atom. The smallest absolute Gasteiger partial charge is 0.158 e. The van der Waals surface area contributed by atoms with Crippen LogP contribution in [0.15, 0.2) is 12.4 Å². The zero-order valence-electron chi connectivity index (χ0n) is 8.70. The molecule has 1 aliphatic rings. The summed E-state index contributed by atoms with van der Waals surface area (Å²) in [6.45, 7) is 1.78. The molecule has 0 saturated carbocycles. The lowest BCUT2D eigenvalue weighted by molar-refractivity contribution is 0.0722. The fraction of sp³-hybridized carbons (Fsp3) is 0.500. The van der Waals surface area contributed by atoms with Gasteiger partial charge in [0.2, 0.25) is 0 Å². The van der Waals surface area contributed by atoms with Crippen LogP contribution in [0.4, 0.5) is 5.82 Å². The standard InChI is InChI=1S/C10H12N4O2/c11-3-8-4-13-10(5-12-8)14-1-2-16-7-9(14)6-15/h4-5,9,15H,1-2,6-7H2. The fourth-order valence-electron chi connectivity index (χ4n) is 1.63. The van der Waals surface area contributed by atoms with Gasteiger partial charge >= 0.3 is 0 Å².